The van der Waals surface area contributed by atoms with E-state index in [1.165, 1.54) is 4.31 Å². The zero-order chi connectivity index (χ0) is 21.4. The Labute approximate surface area is 180 Å². The molecule has 0 aromatic heterocycles. The summed E-state index contributed by atoms with van der Waals surface area (Å²) in [6.07, 6.45) is 0.290. The second-order valence-electron chi connectivity index (χ2n) is 7.41. The number of nitrogens with zero attached hydrogens (tertiary/aromatic N) is 1. The van der Waals surface area contributed by atoms with Crippen LogP contribution in [-0.4, -0.2) is 31.5 Å². The molecular weight excluding hydrogens is 416 g/mol. The SMILES string of the molecule is O=C(Nc1ccc2c(c1)OCO2)[C@@H]1Cc2ccccc2CN1S(=O)(=O)c1ccccc1. The molecule has 5 rings (SSSR count). The fraction of sp³-hybridized carbons (Fsp3) is 0.174. The van der Waals surface area contributed by atoms with E-state index in [0.717, 1.165) is 11.1 Å². The topological polar surface area (TPSA) is 84.9 Å². The van der Waals surface area contributed by atoms with Crippen molar-refractivity contribution in [3.63, 3.8) is 0 Å². The number of amides is 1. The summed E-state index contributed by atoms with van der Waals surface area (Å²) >= 11 is 0. The van der Waals surface area contributed by atoms with Gasteiger partial charge in [-0.15, -0.1) is 0 Å². The molecule has 0 bridgehead atoms. The van der Waals surface area contributed by atoms with Crippen LogP contribution in [-0.2, 0) is 27.8 Å². The smallest absolute Gasteiger partial charge is 0.244 e. The quantitative estimate of drug-likeness (QED) is 0.679. The van der Waals surface area contributed by atoms with Gasteiger partial charge in [0.15, 0.2) is 11.5 Å². The third-order valence-electron chi connectivity index (χ3n) is 5.50. The van der Waals surface area contributed by atoms with Crippen molar-refractivity contribution in [2.24, 2.45) is 0 Å². The zero-order valence-electron chi connectivity index (χ0n) is 16.5. The lowest BCUT2D eigenvalue weighted by Crippen LogP contribution is -2.50. The Morgan fingerprint density at radius 3 is 2.42 bits per heavy atom. The van der Waals surface area contributed by atoms with Crippen LogP contribution in [0.3, 0.4) is 0 Å². The summed E-state index contributed by atoms with van der Waals surface area (Å²) in [5.41, 5.74) is 2.38. The van der Waals surface area contributed by atoms with E-state index in [4.69, 9.17) is 9.47 Å². The minimum atomic E-state index is -3.87. The summed E-state index contributed by atoms with van der Waals surface area (Å²) < 4.78 is 38.8. The van der Waals surface area contributed by atoms with Gasteiger partial charge in [-0.05, 0) is 41.8 Å². The summed E-state index contributed by atoms with van der Waals surface area (Å²) in [4.78, 5) is 13.4. The van der Waals surface area contributed by atoms with Gasteiger partial charge in [0.2, 0.25) is 22.7 Å². The standard InChI is InChI=1S/C23H20N2O5S/c26-23(24-18-10-11-21-22(13-18)30-15-29-21)20-12-16-6-4-5-7-17(16)14-25(20)31(27,28)19-8-2-1-3-9-19/h1-11,13,20H,12,14-15H2,(H,24,26)/t20-/m0/s1. The predicted molar refractivity (Wildman–Crippen MR) is 114 cm³/mol. The highest BCUT2D eigenvalue weighted by molar-refractivity contribution is 7.89. The molecule has 1 atom stereocenters. The molecule has 1 amide bonds. The monoisotopic (exact) mass is 436 g/mol. The molecule has 0 unspecified atom stereocenters. The molecule has 0 aliphatic carbocycles. The lowest BCUT2D eigenvalue weighted by molar-refractivity contribution is -0.120. The van der Waals surface area contributed by atoms with Crippen LogP contribution in [0.15, 0.2) is 77.7 Å². The first kappa shape index (κ1) is 19.6. The predicted octanol–water partition coefficient (Wildman–Crippen LogP) is 3.17. The number of hydrogen-bond acceptors (Lipinski definition) is 5. The number of rotatable bonds is 4. The molecular formula is C23H20N2O5S. The Kier molecular flexibility index (Phi) is 4.88. The van der Waals surface area contributed by atoms with Crippen molar-refractivity contribution >= 4 is 21.6 Å². The summed E-state index contributed by atoms with van der Waals surface area (Å²) in [7, 11) is -3.87. The molecule has 0 saturated heterocycles. The van der Waals surface area contributed by atoms with Crippen molar-refractivity contribution in [3.05, 3.63) is 83.9 Å². The van der Waals surface area contributed by atoms with Crippen LogP contribution in [0.1, 0.15) is 11.1 Å². The molecule has 31 heavy (non-hydrogen) atoms. The molecule has 0 radical (unpaired) electrons. The van der Waals surface area contributed by atoms with E-state index in [-0.39, 0.29) is 18.2 Å². The van der Waals surface area contributed by atoms with Crippen LogP contribution < -0.4 is 14.8 Å². The molecule has 2 aliphatic heterocycles. The molecule has 0 spiro atoms. The molecule has 7 nitrogen and oxygen atoms in total. The van der Waals surface area contributed by atoms with Crippen LogP contribution in [0.25, 0.3) is 0 Å². The highest BCUT2D eigenvalue weighted by Crippen LogP contribution is 2.35. The van der Waals surface area contributed by atoms with Gasteiger partial charge >= 0.3 is 0 Å². The van der Waals surface area contributed by atoms with Crippen LogP contribution >= 0.6 is 0 Å². The van der Waals surface area contributed by atoms with Crippen LogP contribution in [0.5, 0.6) is 11.5 Å². The molecule has 3 aromatic carbocycles. The van der Waals surface area contributed by atoms with Gasteiger partial charge in [-0.25, -0.2) is 8.42 Å². The maximum Gasteiger partial charge on any atom is 0.244 e. The first-order valence-electron chi connectivity index (χ1n) is 9.86. The van der Waals surface area contributed by atoms with Gasteiger partial charge < -0.3 is 14.8 Å². The molecule has 1 N–H and O–H groups in total. The van der Waals surface area contributed by atoms with Crippen LogP contribution in [0.2, 0.25) is 0 Å². The number of fused-ring (bicyclic) bond motifs is 2. The number of ether oxygens (including phenoxy) is 2. The third kappa shape index (κ3) is 3.64. The number of benzene rings is 3. The Balaban J connectivity index is 1.49. The average molecular weight is 436 g/mol. The highest BCUT2D eigenvalue weighted by Gasteiger charge is 2.39. The fourth-order valence-electron chi connectivity index (χ4n) is 3.90. The normalized spacial score (nSPS) is 17.7. The van der Waals surface area contributed by atoms with Crippen molar-refractivity contribution in [1.82, 2.24) is 4.31 Å². The van der Waals surface area contributed by atoms with Gasteiger partial charge in [-0.3, -0.25) is 4.79 Å². The van der Waals surface area contributed by atoms with E-state index in [9.17, 15) is 13.2 Å². The number of hydrogen-bond donors (Lipinski definition) is 1. The summed E-state index contributed by atoms with van der Waals surface area (Å²) in [6, 6.07) is 20.0. The lowest BCUT2D eigenvalue weighted by atomic mass is 9.95. The summed E-state index contributed by atoms with van der Waals surface area (Å²) in [6.45, 7) is 0.266. The van der Waals surface area contributed by atoms with Crippen molar-refractivity contribution < 1.29 is 22.7 Å². The lowest BCUT2D eigenvalue weighted by Gasteiger charge is -2.35. The van der Waals surface area contributed by atoms with Crippen molar-refractivity contribution in [2.45, 2.75) is 23.9 Å². The van der Waals surface area contributed by atoms with Crippen LogP contribution in [0.4, 0.5) is 5.69 Å². The van der Waals surface area contributed by atoms with Crippen molar-refractivity contribution in [1.29, 1.82) is 0 Å². The Hall–Kier alpha value is -3.36. The maximum absolute atomic E-state index is 13.4. The first-order chi connectivity index (χ1) is 15.0. The van der Waals surface area contributed by atoms with E-state index in [0.29, 0.717) is 23.6 Å². The first-order valence-corrected chi connectivity index (χ1v) is 11.3. The van der Waals surface area contributed by atoms with Gasteiger partial charge in [0.1, 0.15) is 6.04 Å². The van der Waals surface area contributed by atoms with Crippen molar-refractivity contribution in [3.8, 4) is 11.5 Å². The van der Waals surface area contributed by atoms with E-state index in [1.54, 1.807) is 48.5 Å². The van der Waals surface area contributed by atoms with E-state index < -0.39 is 22.0 Å². The number of sulfonamides is 1. The number of anilines is 1. The molecule has 0 saturated carbocycles. The minimum absolute atomic E-state index is 0.132. The molecule has 8 heteroatoms. The fourth-order valence-corrected chi connectivity index (χ4v) is 5.49. The summed E-state index contributed by atoms with van der Waals surface area (Å²) in [5.74, 6) is 0.756. The van der Waals surface area contributed by atoms with Gasteiger partial charge in [0.25, 0.3) is 0 Å². The van der Waals surface area contributed by atoms with Gasteiger partial charge in [-0.2, -0.15) is 4.31 Å². The number of nitrogens with one attached hydrogen (secondary N) is 1. The molecule has 0 fully saturated rings. The second-order valence-corrected chi connectivity index (χ2v) is 9.30. The highest BCUT2D eigenvalue weighted by atomic mass is 32.2. The molecule has 3 aromatic rings. The van der Waals surface area contributed by atoms with Gasteiger partial charge in [-0.1, -0.05) is 42.5 Å². The van der Waals surface area contributed by atoms with Gasteiger partial charge in [0, 0.05) is 18.3 Å². The molecule has 2 aliphatic rings. The second kappa shape index (κ2) is 7.72. The van der Waals surface area contributed by atoms with Gasteiger partial charge in [0.05, 0.1) is 4.90 Å². The van der Waals surface area contributed by atoms with Crippen molar-refractivity contribution in [2.75, 3.05) is 12.1 Å². The van der Waals surface area contributed by atoms with Crippen LogP contribution in [0, 0.1) is 0 Å². The third-order valence-corrected chi connectivity index (χ3v) is 7.37. The average Bonchev–Trinajstić information content (AvgIpc) is 3.26. The molecule has 158 valence electrons. The van der Waals surface area contributed by atoms with E-state index in [2.05, 4.69) is 5.32 Å². The zero-order valence-corrected chi connectivity index (χ0v) is 17.3. The van der Waals surface area contributed by atoms with E-state index >= 15 is 0 Å². The number of carbonyl (C=O) groups is 1. The Morgan fingerprint density at radius 2 is 1.61 bits per heavy atom. The Bertz CT molecular complexity index is 1240. The number of carbonyl (C=O) groups excluding carboxylic acids is 1. The largest absolute Gasteiger partial charge is 0.454 e. The Morgan fingerprint density at radius 1 is 0.903 bits per heavy atom. The minimum Gasteiger partial charge on any atom is -0.454 e. The van der Waals surface area contributed by atoms with E-state index in [1.807, 2.05) is 24.3 Å². The maximum atomic E-state index is 13.4. The summed E-state index contributed by atoms with van der Waals surface area (Å²) in [5, 5.41) is 2.85. The molecule has 2 heterocycles.